The molecule has 1 amide bonds. The molecule has 5 nitrogen and oxygen atoms in total. The Morgan fingerprint density at radius 1 is 1.00 bits per heavy atom. The number of allylic oxidation sites excluding steroid dienone is 2. The predicted octanol–water partition coefficient (Wildman–Crippen LogP) is 5.33. The van der Waals surface area contributed by atoms with Crippen LogP contribution >= 0.6 is 0 Å². The lowest BCUT2D eigenvalue weighted by Crippen LogP contribution is -2.40. The van der Waals surface area contributed by atoms with Crippen LogP contribution in [-0.4, -0.2) is 16.7 Å². The molecule has 33 heavy (non-hydrogen) atoms. The molecule has 3 aromatic rings. The number of hydrogen-bond donors (Lipinski definition) is 0. The summed E-state index contributed by atoms with van der Waals surface area (Å²) in [4.78, 5) is 32.0. The number of aromatic nitrogens is 1. The van der Waals surface area contributed by atoms with Gasteiger partial charge < -0.3 is 4.74 Å². The fourth-order valence-electron chi connectivity index (χ4n) is 4.61. The van der Waals surface area contributed by atoms with Crippen LogP contribution in [0.1, 0.15) is 42.7 Å². The van der Waals surface area contributed by atoms with Crippen molar-refractivity contribution in [3.05, 3.63) is 101 Å². The number of anilines is 1. The van der Waals surface area contributed by atoms with Crippen LogP contribution in [0.25, 0.3) is 0 Å². The molecular weight excluding hydrogens is 419 g/mol. The third-order valence-electron chi connectivity index (χ3n) is 6.18. The molecule has 0 fully saturated rings. The molecule has 0 radical (unpaired) electrons. The topological polar surface area (TPSA) is 59.5 Å². The quantitative estimate of drug-likeness (QED) is 0.536. The molecule has 5 rings (SSSR count). The fourth-order valence-corrected chi connectivity index (χ4v) is 4.61. The van der Waals surface area contributed by atoms with Crippen LogP contribution < -0.4 is 9.64 Å². The highest BCUT2D eigenvalue weighted by molar-refractivity contribution is 6.07. The van der Waals surface area contributed by atoms with E-state index in [1.54, 1.807) is 35.5 Å². The molecule has 0 saturated heterocycles. The summed E-state index contributed by atoms with van der Waals surface area (Å²) in [7, 11) is 0. The van der Waals surface area contributed by atoms with Gasteiger partial charge >= 0.3 is 0 Å². The zero-order valence-electron chi connectivity index (χ0n) is 18.0. The maximum atomic E-state index is 13.2. The molecule has 166 valence electrons. The first-order valence-electron chi connectivity index (χ1n) is 11.1. The van der Waals surface area contributed by atoms with E-state index in [1.165, 1.54) is 12.1 Å². The second-order valence-electron chi connectivity index (χ2n) is 8.32. The van der Waals surface area contributed by atoms with E-state index in [2.05, 4.69) is 4.98 Å². The second-order valence-corrected chi connectivity index (χ2v) is 8.32. The van der Waals surface area contributed by atoms with E-state index in [-0.39, 0.29) is 29.8 Å². The summed E-state index contributed by atoms with van der Waals surface area (Å²) in [6.45, 7) is 0.329. The molecule has 6 heteroatoms. The Bertz CT molecular complexity index is 1200. The summed E-state index contributed by atoms with van der Waals surface area (Å²) in [6, 6.07) is 17.4. The van der Waals surface area contributed by atoms with Crippen molar-refractivity contribution < 1.29 is 18.7 Å². The number of nitrogens with zero attached hydrogens (tertiary/aromatic N) is 2. The molecule has 1 aliphatic heterocycles. The average molecular weight is 442 g/mol. The van der Waals surface area contributed by atoms with Crippen molar-refractivity contribution in [2.45, 2.75) is 38.2 Å². The maximum absolute atomic E-state index is 13.2. The van der Waals surface area contributed by atoms with E-state index >= 15 is 0 Å². The van der Waals surface area contributed by atoms with Gasteiger partial charge in [-0.1, -0.05) is 24.3 Å². The van der Waals surface area contributed by atoms with E-state index in [0.717, 1.165) is 28.8 Å². The van der Waals surface area contributed by atoms with E-state index in [9.17, 15) is 14.0 Å². The number of Topliss-reactive ketones (excluding diaryl/α,β-unsaturated/α-hetero) is 1. The molecule has 1 aromatic heterocycles. The lowest BCUT2D eigenvalue weighted by molar-refractivity contribution is -0.119. The first-order valence-corrected chi connectivity index (χ1v) is 11.1. The number of carbonyl (C=O) groups is 2. The standard InChI is InChI=1S/C27H23FN2O3/c28-20-10-6-18(7-11-20)17-33-22-12-8-19(9-13-22)23-15-26(32)30(21-3-2-14-29-16-21)24-4-1-5-25(31)27(23)24/h2-3,6-14,16,23H,1,4-5,15,17H2. The molecule has 0 spiro atoms. The number of benzene rings is 2. The number of amides is 1. The second kappa shape index (κ2) is 8.98. The normalized spacial score (nSPS) is 18.3. The van der Waals surface area contributed by atoms with E-state index < -0.39 is 0 Å². The molecule has 0 saturated carbocycles. The Morgan fingerprint density at radius 3 is 2.52 bits per heavy atom. The highest BCUT2D eigenvalue weighted by atomic mass is 19.1. The number of halogens is 1. The van der Waals surface area contributed by atoms with Gasteiger partial charge in [-0.25, -0.2) is 4.39 Å². The van der Waals surface area contributed by atoms with Crippen molar-refractivity contribution in [2.24, 2.45) is 0 Å². The van der Waals surface area contributed by atoms with Crippen molar-refractivity contribution >= 4 is 17.4 Å². The van der Waals surface area contributed by atoms with Crippen LogP contribution in [0.2, 0.25) is 0 Å². The van der Waals surface area contributed by atoms with Crippen molar-refractivity contribution in [2.75, 3.05) is 4.90 Å². The smallest absolute Gasteiger partial charge is 0.232 e. The summed E-state index contributed by atoms with van der Waals surface area (Å²) in [5.41, 5.74) is 4.04. The highest BCUT2D eigenvalue weighted by Gasteiger charge is 2.39. The molecular formula is C27H23FN2O3. The monoisotopic (exact) mass is 442 g/mol. The van der Waals surface area contributed by atoms with Gasteiger partial charge in [0, 0.05) is 36.2 Å². The van der Waals surface area contributed by atoms with E-state index in [1.807, 2.05) is 30.3 Å². The number of ether oxygens (including phenoxy) is 1. The zero-order chi connectivity index (χ0) is 22.8. The minimum absolute atomic E-state index is 0.0295. The van der Waals surface area contributed by atoms with Gasteiger partial charge in [-0.15, -0.1) is 0 Å². The minimum atomic E-state index is -0.279. The number of rotatable bonds is 5. The zero-order valence-corrected chi connectivity index (χ0v) is 18.0. The van der Waals surface area contributed by atoms with Gasteiger partial charge in [-0.05, 0) is 60.4 Å². The molecule has 0 bridgehead atoms. The summed E-state index contributed by atoms with van der Waals surface area (Å²) < 4.78 is 18.9. The Labute approximate surface area is 191 Å². The molecule has 1 unspecified atom stereocenters. The first-order chi connectivity index (χ1) is 16.1. The van der Waals surface area contributed by atoms with Crippen LogP contribution in [0, 0.1) is 5.82 Å². The van der Waals surface area contributed by atoms with Gasteiger partial charge in [0.1, 0.15) is 18.2 Å². The Morgan fingerprint density at radius 2 is 1.79 bits per heavy atom. The largest absolute Gasteiger partial charge is 0.489 e. The number of carbonyl (C=O) groups excluding carboxylic acids is 2. The average Bonchev–Trinajstić information content (AvgIpc) is 2.84. The summed E-state index contributed by atoms with van der Waals surface area (Å²) >= 11 is 0. The molecule has 1 atom stereocenters. The third kappa shape index (κ3) is 4.29. The van der Waals surface area contributed by atoms with Crippen molar-refractivity contribution in [3.63, 3.8) is 0 Å². The number of hydrogen-bond acceptors (Lipinski definition) is 4. The van der Waals surface area contributed by atoms with Crippen molar-refractivity contribution in [1.29, 1.82) is 0 Å². The Balaban J connectivity index is 1.41. The Kier molecular flexibility index (Phi) is 5.73. The summed E-state index contributed by atoms with van der Waals surface area (Å²) in [5, 5.41) is 0. The SMILES string of the molecule is O=C1CCCC2=C1C(c1ccc(OCc3ccc(F)cc3)cc1)CC(=O)N2c1cccnc1. The van der Waals surface area contributed by atoms with E-state index in [4.69, 9.17) is 4.74 Å². The van der Waals surface area contributed by atoms with Gasteiger partial charge in [0.05, 0.1) is 11.9 Å². The molecule has 0 N–H and O–H groups in total. The van der Waals surface area contributed by atoms with Gasteiger partial charge in [0.15, 0.2) is 5.78 Å². The highest BCUT2D eigenvalue weighted by Crippen LogP contribution is 2.43. The molecule has 1 aliphatic carbocycles. The fraction of sp³-hybridized carbons (Fsp3) is 0.222. The van der Waals surface area contributed by atoms with Crippen molar-refractivity contribution in [1.82, 2.24) is 4.98 Å². The van der Waals surface area contributed by atoms with Gasteiger partial charge in [-0.2, -0.15) is 0 Å². The number of pyridine rings is 1. The van der Waals surface area contributed by atoms with Crippen LogP contribution in [0.5, 0.6) is 5.75 Å². The molecule has 2 aromatic carbocycles. The first kappa shape index (κ1) is 21.1. The number of ketones is 1. The summed E-state index contributed by atoms with van der Waals surface area (Å²) in [5.74, 6) is 0.210. The Hall–Kier alpha value is -3.80. The lowest BCUT2D eigenvalue weighted by Gasteiger charge is -2.38. The van der Waals surface area contributed by atoms with Gasteiger partial charge in [0.25, 0.3) is 0 Å². The third-order valence-corrected chi connectivity index (χ3v) is 6.18. The van der Waals surface area contributed by atoms with Crippen LogP contribution in [0.3, 0.4) is 0 Å². The lowest BCUT2D eigenvalue weighted by atomic mass is 9.77. The molecule has 2 heterocycles. The summed E-state index contributed by atoms with van der Waals surface area (Å²) in [6.07, 6.45) is 5.50. The van der Waals surface area contributed by atoms with Crippen molar-refractivity contribution in [3.8, 4) is 5.75 Å². The van der Waals surface area contributed by atoms with Crippen LogP contribution in [0.4, 0.5) is 10.1 Å². The van der Waals surface area contributed by atoms with Gasteiger partial charge in [0.2, 0.25) is 5.91 Å². The maximum Gasteiger partial charge on any atom is 0.232 e. The predicted molar refractivity (Wildman–Crippen MR) is 122 cm³/mol. The van der Waals surface area contributed by atoms with Gasteiger partial charge in [-0.3, -0.25) is 19.5 Å². The van der Waals surface area contributed by atoms with E-state index in [0.29, 0.717) is 30.9 Å². The van der Waals surface area contributed by atoms with Crippen LogP contribution in [-0.2, 0) is 16.2 Å². The molecule has 2 aliphatic rings. The minimum Gasteiger partial charge on any atom is -0.489 e. The van der Waals surface area contributed by atoms with Crippen LogP contribution in [0.15, 0.2) is 84.3 Å².